The van der Waals surface area contributed by atoms with Crippen molar-refractivity contribution in [2.45, 2.75) is 6.18 Å². The second kappa shape index (κ2) is 6.69. The van der Waals surface area contributed by atoms with E-state index in [2.05, 4.69) is 4.98 Å². The van der Waals surface area contributed by atoms with Crippen LogP contribution < -0.4 is 0 Å². The number of nitrogens with zero attached hydrogens (tertiary/aromatic N) is 1. The molecule has 22 heavy (non-hydrogen) atoms. The Labute approximate surface area is 161 Å². The SMILES string of the molecule is FC(F)(F)c1c(I)ccnc1-c1c(Cl)c(Cl)c(Cl)c(Cl)c1Cl. The maximum absolute atomic E-state index is 13.3. The van der Waals surface area contributed by atoms with Crippen LogP contribution in [0.2, 0.25) is 25.1 Å². The Morgan fingerprint density at radius 1 is 0.864 bits per heavy atom. The standard InChI is InChI=1S/C12H2Cl5F3IN/c13-6-4(7(14)9(16)10(17)8(6)15)11-5(12(18,19)20)3(21)1-2-22-11/h1-2H. The smallest absolute Gasteiger partial charge is 0.255 e. The highest BCUT2D eigenvalue weighted by Gasteiger charge is 2.38. The Morgan fingerprint density at radius 2 is 1.32 bits per heavy atom. The van der Waals surface area contributed by atoms with E-state index in [0.717, 1.165) is 0 Å². The van der Waals surface area contributed by atoms with E-state index < -0.39 is 17.4 Å². The van der Waals surface area contributed by atoms with Gasteiger partial charge in [0.25, 0.3) is 0 Å². The van der Waals surface area contributed by atoms with Crippen molar-refractivity contribution in [3.05, 3.63) is 46.5 Å². The lowest BCUT2D eigenvalue weighted by Crippen LogP contribution is -2.11. The highest BCUT2D eigenvalue weighted by atomic mass is 127. The molecule has 2 aromatic rings. The van der Waals surface area contributed by atoms with Gasteiger partial charge in [0, 0.05) is 15.3 Å². The molecule has 0 atom stereocenters. The van der Waals surface area contributed by atoms with E-state index in [-0.39, 0.29) is 34.2 Å². The summed E-state index contributed by atoms with van der Waals surface area (Å²) in [5.74, 6) is 0. The Balaban J connectivity index is 2.94. The van der Waals surface area contributed by atoms with E-state index in [1.165, 1.54) is 12.3 Å². The van der Waals surface area contributed by atoms with Crippen molar-refractivity contribution in [1.29, 1.82) is 0 Å². The van der Waals surface area contributed by atoms with Crippen LogP contribution in [-0.4, -0.2) is 4.98 Å². The number of rotatable bonds is 1. The minimum atomic E-state index is -4.66. The normalized spacial score (nSPS) is 11.9. The summed E-state index contributed by atoms with van der Waals surface area (Å²) in [6.07, 6.45) is -3.46. The molecular weight excluding hydrogens is 519 g/mol. The molecule has 0 N–H and O–H groups in total. The van der Waals surface area contributed by atoms with E-state index in [1.807, 2.05) is 0 Å². The van der Waals surface area contributed by atoms with Gasteiger partial charge < -0.3 is 0 Å². The number of hydrogen-bond donors (Lipinski definition) is 0. The molecule has 0 fully saturated rings. The molecule has 118 valence electrons. The van der Waals surface area contributed by atoms with E-state index in [9.17, 15) is 13.2 Å². The van der Waals surface area contributed by atoms with Crippen molar-refractivity contribution in [1.82, 2.24) is 4.98 Å². The molecule has 2 rings (SSSR count). The van der Waals surface area contributed by atoms with Crippen LogP contribution >= 0.6 is 80.6 Å². The molecule has 0 aliphatic heterocycles. The van der Waals surface area contributed by atoms with Crippen molar-refractivity contribution < 1.29 is 13.2 Å². The minimum Gasteiger partial charge on any atom is -0.255 e. The zero-order valence-electron chi connectivity index (χ0n) is 10.0. The van der Waals surface area contributed by atoms with Gasteiger partial charge in [-0.05, 0) is 28.7 Å². The predicted octanol–water partition coefficient (Wildman–Crippen LogP) is 7.64. The van der Waals surface area contributed by atoms with Gasteiger partial charge in [0.1, 0.15) is 0 Å². The quantitative estimate of drug-likeness (QED) is 0.214. The average molecular weight is 521 g/mol. The van der Waals surface area contributed by atoms with E-state index >= 15 is 0 Å². The maximum Gasteiger partial charge on any atom is 0.419 e. The first kappa shape index (κ1) is 18.7. The number of aromatic nitrogens is 1. The van der Waals surface area contributed by atoms with Crippen LogP contribution in [0.4, 0.5) is 13.2 Å². The summed E-state index contributed by atoms with van der Waals surface area (Å²) in [5, 5.41) is -1.02. The molecule has 0 radical (unpaired) electrons. The van der Waals surface area contributed by atoms with Crippen molar-refractivity contribution in [3.63, 3.8) is 0 Å². The lowest BCUT2D eigenvalue weighted by Gasteiger charge is -2.17. The molecule has 10 heteroatoms. The van der Waals surface area contributed by atoms with Gasteiger partial charge >= 0.3 is 6.18 Å². The highest BCUT2D eigenvalue weighted by Crippen LogP contribution is 2.50. The molecular formula is C12H2Cl5F3IN. The van der Waals surface area contributed by atoms with Crippen LogP contribution in [0.5, 0.6) is 0 Å². The molecule has 0 aliphatic carbocycles. The fourth-order valence-corrected chi connectivity index (χ4v) is 3.75. The molecule has 0 unspecified atom stereocenters. The zero-order chi connectivity index (χ0) is 16.8. The molecule has 0 saturated heterocycles. The van der Waals surface area contributed by atoms with E-state index in [0.29, 0.717) is 0 Å². The van der Waals surface area contributed by atoms with Gasteiger partial charge in [0.15, 0.2) is 0 Å². The number of hydrogen-bond acceptors (Lipinski definition) is 1. The summed E-state index contributed by atoms with van der Waals surface area (Å²) >= 11 is 31.2. The van der Waals surface area contributed by atoms with Gasteiger partial charge in [-0.15, -0.1) is 0 Å². The Kier molecular flexibility index (Phi) is 5.68. The van der Waals surface area contributed by atoms with Gasteiger partial charge in [0.05, 0.1) is 36.4 Å². The summed E-state index contributed by atoms with van der Waals surface area (Å²) in [5.41, 5.74) is -1.66. The lowest BCUT2D eigenvalue weighted by molar-refractivity contribution is -0.137. The van der Waals surface area contributed by atoms with E-state index in [1.54, 1.807) is 22.6 Å². The number of halogens is 9. The molecule has 1 aromatic heterocycles. The van der Waals surface area contributed by atoms with Crippen LogP contribution in [0.3, 0.4) is 0 Å². The summed E-state index contributed by atoms with van der Waals surface area (Å²) in [7, 11) is 0. The largest absolute Gasteiger partial charge is 0.419 e. The summed E-state index contributed by atoms with van der Waals surface area (Å²) in [4.78, 5) is 3.76. The second-order valence-corrected chi connectivity index (χ2v) is 7.01. The van der Waals surface area contributed by atoms with Crippen molar-refractivity contribution in [3.8, 4) is 11.3 Å². The van der Waals surface area contributed by atoms with Gasteiger partial charge in [-0.2, -0.15) is 13.2 Å². The molecule has 0 saturated carbocycles. The number of benzene rings is 1. The van der Waals surface area contributed by atoms with Crippen molar-refractivity contribution in [2.75, 3.05) is 0 Å². The first-order valence-electron chi connectivity index (χ1n) is 5.30. The maximum atomic E-state index is 13.3. The van der Waals surface area contributed by atoms with Gasteiger partial charge in [-0.3, -0.25) is 4.98 Å². The van der Waals surface area contributed by atoms with Crippen LogP contribution in [0, 0.1) is 3.57 Å². The Hall–Kier alpha value is 0.340. The van der Waals surface area contributed by atoms with Crippen LogP contribution in [-0.2, 0) is 6.18 Å². The molecule has 1 aromatic carbocycles. The van der Waals surface area contributed by atoms with Gasteiger partial charge in [-0.1, -0.05) is 58.0 Å². The molecule has 0 aliphatic rings. The third-order valence-electron chi connectivity index (χ3n) is 2.63. The van der Waals surface area contributed by atoms with Crippen LogP contribution in [0.1, 0.15) is 5.56 Å². The third kappa shape index (κ3) is 3.26. The predicted molar refractivity (Wildman–Crippen MR) is 92.4 cm³/mol. The van der Waals surface area contributed by atoms with Gasteiger partial charge in [-0.25, -0.2) is 0 Å². The van der Waals surface area contributed by atoms with Gasteiger partial charge in [0.2, 0.25) is 0 Å². The highest BCUT2D eigenvalue weighted by molar-refractivity contribution is 14.1. The second-order valence-electron chi connectivity index (χ2n) is 3.96. The fourth-order valence-electron chi connectivity index (χ4n) is 1.71. The van der Waals surface area contributed by atoms with Crippen LogP contribution in [0.15, 0.2) is 12.3 Å². The van der Waals surface area contributed by atoms with E-state index in [4.69, 9.17) is 58.0 Å². The third-order valence-corrected chi connectivity index (χ3v) is 5.81. The summed E-state index contributed by atoms with van der Waals surface area (Å²) < 4.78 is 39.9. The molecule has 1 nitrogen and oxygen atoms in total. The fraction of sp³-hybridized carbons (Fsp3) is 0.0833. The Bertz CT molecular complexity index is 734. The minimum absolute atomic E-state index is 0.0653. The molecule has 1 heterocycles. The topological polar surface area (TPSA) is 12.9 Å². The zero-order valence-corrected chi connectivity index (χ0v) is 15.9. The average Bonchev–Trinajstić information content (AvgIpc) is 2.42. The molecule has 0 bridgehead atoms. The summed E-state index contributed by atoms with van der Waals surface area (Å²) in [6, 6.07) is 1.22. The molecule has 0 spiro atoms. The summed E-state index contributed by atoms with van der Waals surface area (Å²) in [6.45, 7) is 0. The Morgan fingerprint density at radius 3 is 1.77 bits per heavy atom. The van der Waals surface area contributed by atoms with Crippen molar-refractivity contribution in [2.24, 2.45) is 0 Å². The first-order valence-corrected chi connectivity index (χ1v) is 8.27. The monoisotopic (exact) mass is 519 g/mol. The number of pyridine rings is 1. The number of alkyl halides is 3. The lowest BCUT2D eigenvalue weighted by atomic mass is 10.1. The molecule has 0 amide bonds. The van der Waals surface area contributed by atoms with Crippen molar-refractivity contribution >= 4 is 80.6 Å². The first-order chi connectivity index (χ1) is 10.1. The van der Waals surface area contributed by atoms with Crippen LogP contribution in [0.25, 0.3) is 11.3 Å².